The molecule has 1 heterocycles. The number of aromatic nitrogens is 1. The van der Waals surface area contributed by atoms with Crippen molar-refractivity contribution in [2.24, 2.45) is 5.84 Å². The summed E-state index contributed by atoms with van der Waals surface area (Å²) in [6, 6.07) is 7.56. The molecule has 2 rings (SSSR count). The lowest BCUT2D eigenvalue weighted by molar-refractivity contribution is 0.0955. The lowest BCUT2D eigenvalue weighted by Crippen LogP contribution is -2.29. The number of hydrazine groups is 1. The van der Waals surface area contributed by atoms with E-state index < -0.39 is 0 Å². The predicted octanol–water partition coefficient (Wildman–Crippen LogP) is 0.924. The van der Waals surface area contributed by atoms with Crippen molar-refractivity contribution in [3.63, 3.8) is 0 Å². The summed E-state index contributed by atoms with van der Waals surface area (Å²) in [5, 5.41) is 0.880. The van der Waals surface area contributed by atoms with E-state index in [4.69, 9.17) is 5.84 Å². The smallest absolute Gasteiger partial charge is 0.267 e. The van der Waals surface area contributed by atoms with Crippen molar-refractivity contribution in [1.29, 1.82) is 0 Å². The zero-order valence-corrected chi connectivity index (χ0v) is 7.28. The van der Waals surface area contributed by atoms with Gasteiger partial charge in [0.1, 0.15) is 0 Å². The van der Waals surface area contributed by atoms with Crippen LogP contribution in [0, 0.1) is 0 Å². The van der Waals surface area contributed by atoms with E-state index >= 15 is 0 Å². The van der Waals surface area contributed by atoms with E-state index in [2.05, 4.69) is 10.4 Å². The Kier molecular flexibility index (Phi) is 2.83. The van der Waals surface area contributed by atoms with Crippen LogP contribution in [0.3, 0.4) is 0 Å². The maximum absolute atomic E-state index is 11.2. The van der Waals surface area contributed by atoms with Gasteiger partial charge in [0.25, 0.3) is 5.91 Å². The second-order valence-corrected chi connectivity index (χ2v) is 2.72. The van der Waals surface area contributed by atoms with Crippen LogP contribution in [0.4, 0.5) is 4.70 Å². The molecule has 0 saturated carbocycles. The van der Waals surface area contributed by atoms with E-state index in [9.17, 15) is 4.79 Å². The van der Waals surface area contributed by atoms with E-state index in [1.54, 1.807) is 6.20 Å². The third-order valence-electron chi connectivity index (χ3n) is 1.96. The molecule has 4 N–H and O–H groups in total. The molecule has 0 saturated heterocycles. The maximum atomic E-state index is 11.2. The van der Waals surface area contributed by atoms with Gasteiger partial charge in [0, 0.05) is 17.1 Å². The number of H-pyrrole nitrogens is 1. The Balaban J connectivity index is 0.000000980. The first-order valence-corrected chi connectivity index (χ1v) is 3.90. The van der Waals surface area contributed by atoms with Crippen LogP contribution in [0.2, 0.25) is 0 Å². The normalized spacial score (nSPS) is 9.50. The van der Waals surface area contributed by atoms with Crippen LogP contribution in [0.25, 0.3) is 10.9 Å². The summed E-state index contributed by atoms with van der Waals surface area (Å²) in [6.45, 7) is 0. The summed E-state index contributed by atoms with van der Waals surface area (Å²) < 4.78 is 0. The zero-order chi connectivity index (χ0) is 9.26. The minimum Gasteiger partial charge on any atom is -0.360 e. The first-order chi connectivity index (χ1) is 6.33. The molecule has 0 atom stereocenters. The molecule has 0 spiro atoms. The van der Waals surface area contributed by atoms with Gasteiger partial charge in [-0.2, -0.15) is 0 Å². The number of nitrogen functional groups attached to an aromatic ring is 1. The largest absolute Gasteiger partial charge is 0.360 e. The Hall–Kier alpha value is -1.88. The third kappa shape index (κ3) is 1.45. The molecule has 5 heteroatoms. The molecule has 2 aromatic rings. The highest BCUT2D eigenvalue weighted by atomic mass is 19.0. The van der Waals surface area contributed by atoms with Crippen LogP contribution < -0.4 is 11.3 Å². The lowest BCUT2D eigenvalue weighted by atomic mass is 10.2. The molecule has 0 bridgehead atoms. The molecule has 0 fully saturated rings. The minimum atomic E-state index is -0.280. The van der Waals surface area contributed by atoms with Gasteiger partial charge in [-0.1, -0.05) is 18.2 Å². The van der Waals surface area contributed by atoms with Crippen LogP contribution in [0.15, 0.2) is 30.5 Å². The van der Waals surface area contributed by atoms with E-state index in [-0.39, 0.29) is 10.6 Å². The molecular formula is C9H10FN3O. The highest BCUT2D eigenvalue weighted by Crippen LogP contribution is 2.16. The van der Waals surface area contributed by atoms with Crippen molar-refractivity contribution in [2.45, 2.75) is 0 Å². The Morgan fingerprint density at radius 1 is 1.36 bits per heavy atom. The molecule has 1 amide bonds. The minimum absolute atomic E-state index is 0. The number of nitrogens with one attached hydrogen (secondary N) is 2. The highest BCUT2D eigenvalue weighted by Gasteiger charge is 2.08. The number of hydrogen-bond donors (Lipinski definition) is 3. The first kappa shape index (κ1) is 10.2. The Morgan fingerprint density at radius 3 is 2.79 bits per heavy atom. The van der Waals surface area contributed by atoms with Gasteiger partial charge in [-0.3, -0.25) is 14.9 Å². The summed E-state index contributed by atoms with van der Waals surface area (Å²) in [5.74, 6) is 4.76. The summed E-state index contributed by atoms with van der Waals surface area (Å²) in [6.07, 6.45) is 1.65. The van der Waals surface area contributed by atoms with Gasteiger partial charge in [0.05, 0.1) is 5.56 Å². The second-order valence-electron chi connectivity index (χ2n) is 2.72. The average Bonchev–Trinajstić information content (AvgIpc) is 2.60. The van der Waals surface area contributed by atoms with Crippen LogP contribution in [-0.4, -0.2) is 10.9 Å². The molecule has 0 aliphatic heterocycles. The second kappa shape index (κ2) is 3.89. The Morgan fingerprint density at radius 2 is 2.07 bits per heavy atom. The fourth-order valence-electron chi connectivity index (χ4n) is 1.34. The van der Waals surface area contributed by atoms with Crippen molar-refractivity contribution in [3.05, 3.63) is 36.0 Å². The monoisotopic (exact) mass is 195 g/mol. The number of para-hydroxylation sites is 1. The summed E-state index contributed by atoms with van der Waals surface area (Å²) >= 11 is 0. The third-order valence-corrected chi connectivity index (χ3v) is 1.96. The van der Waals surface area contributed by atoms with E-state index in [0.29, 0.717) is 5.56 Å². The van der Waals surface area contributed by atoms with Gasteiger partial charge < -0.3 is 4.98 Å². The van der Waals surface area contributed by atoms with Crippen LogP contribution in [0.5, 0.6) is 0 Å². The molecule has 0 aliphatic carbocycles. The number of rotatable bonds is 1. The molecule has 0 aliphatic rings. The SMILES string of the molecule is F.NNC(=O)c1c[nH]c2ccccc12. The lowest BCUT2D eigenvalue weighted by Gasteiger charge is -1.95. The van der Waals surface area contributed by atoms with Gasteiger partial charge in [0.2, 0.25) is 0 Å². The highest BCUT2D eigenvalue weighted by molar-refractivity contribution is 6.06. The van der Waals surface area contributed by atoms with Crippen molar-refractivity contribution in [3.8, 4) is 0 Å². The molecule has 0 unspecified atom stereocenters. The number of fused-ring (bicyclic) bond motifs is 1. The molecule has 0 radical (unpaired) electrons. The molecular weight excluding hydrogens is 185 g/mol. The molecule has 4 nitrogen and oxygen atoms in total. The number of hydrogen-bond acceptors (Lipinski definition) is 2. The Labute approximate surface area is 79.4 Å². The van der Waals surface area contributed by atoms with Crippen LogP contribution in [0.1, 0.15) is 10.4 Å². The van der Waals surface area contributed by atoms with Crippen molar-refractivity contribution in [2.75, 3.05) is 0 Å². The fraction of sp³-hybridized carbons (Fsp3) is 0. The predicted molar refractivity (Wildman–Crippen MR) is 52.5 cm³/mol. The summed E-state index contributed by atoms with van der Waals surface area (Å²) in [4.78, 5) is 14.2. The maximum Gasteiger partial charge on any atom is 0.267 e. The molecule has 1 aromatic heterocycles. The van der Waals surface area contributed by atoms with Gasteiger partial charge >= 0.3 is 0 Å². The fourth-order valence-corrected chi connectivity index (χ4v) is 1.34. The first-order valence-electron chi connectivity index (χ1n) is 3.90. The Bertz CT molecular complexity index is 452. The number of nitrogens with two attached hydrogens (primary N) is 1. The summed E-state index contributed by atoms with van der Waals surface area (Å²) in [5.41, 5.74) is 3.60. The van der Waals surface area contributed by atoms with Crippen molar-refractivity contribution < 1.29 is 9.50 Å². The van der Waals surface area contributed by atoms with Gasteiger partial charge in [-0.05, 0) is 6.07 Å². The quantitative estimate of drug-likeness (QED) is 0.360. The molecule has 1 aromatic carbocycles. The standard InChI is InChI=1S/C9H9N3O.FH/c10-12-9(13)7-5-11-8-4-2-1-3-6(7)8;/h1-5,11H,10H2,(H,12,13);1H. The van der Waals surface area contributed by atoms with Gasteiger partial charge in [0.15, 0.2) is 0 Å². The number of halogens is 1. The average molecular weight is 195 g/mol. The number of carbonyl (C=O) groups is 1. The van der Waals surface area contributed by atoms with E-state index in [1.165, 1.54) is 0 Å². The molecule has 14 heavy (non-hydrogen) atoms. The zero-order valence-electron chi connectivity index (χ0n) is 7.28. The number of amides is 1. The topological polar surface area (TPSA) is 70.9 Å². The van der Waals surface area contributed by atoms with Crippen molar-refractivity contribution >= 4 is 16.8 Å². The van der Waals surface area contributed by atoms with Gasteiger partial charge in [-0.25, -0.2) is 5.84 Å². The number of aromatic amines is 1. The van der Waals surface area contributed by atoms with Gasteiger partial charge in [-0.15, -0.1) is 0 Å². The van der Waals surface area contributed by atoms with E-state index in [0.717, 1.165) is 10.9 Å². The number of benzene rings is 1. The van der Waals surface area contributed by atoms with E-state index in [1.807, 2.05) is 24.3 Å². The van der Waals surface area contributed by atoms with Crippen LogP contribution in [-0.2, 0) is 0 Å². The van der Waals surface area contributed by atoms with Crippen LogP contribution >= 0.6 is 0 Å². The number of carbonyl (C=O) groups excluding carboxylic acids is 1. The molecule has 74 valence electrons. The summed E-state index contributed by atoms with van der Waals surface area (Å²) in [7, 11) is 0. The van der Waals surface area contributed by atoms with Crippen molar-refractivity contribution in [1.82, 2.24) is 10.4 Å².